The van der Waals surface area contributed by atoms with Crippen molar-refractivity contribution in [3.8, 4) is 11.5 Å². The number of hydrogen-bond donors (Lipinski definition) is 2. The molecule has 0 saturated heterocycles. The highest BCUT2D eigenvalue weighted by molar-refractivity contribution is 5.79. The maximum absolute atomic E-state index is 6.27. The molecule has 0 atom stereocenters. The van der Waals surface area contributed by atoms with Crippen molar-refractivity contribution in [1.29, 1.82) is 0 Å². The quantitative estimate of drug-likeness (QED) is 0.479. The summed E-state index contributed by atoms with van der Waals surface area (Å²) in [6.07, 6.45) is 5.62. The molecule has 164 valence electrons. The summed E-state index contributed by atoms with van der Waals surface area (Å²) in [5.74, 6) is 4.01. The van der Waals surface area contributed by atoms with Crippen LogP contribution in [-0.2, 0) is 13.0 Å². The number of nitrogens with zero attached hydrogens (tertiary/aromatic N) is 3. The van der Waals surface area contributed by atoms with Gasteiger partial charge in [-0.1, -0.05) is 19.0 Å². The largest absolute Gasteiger partial charge is 0.497 e. The minimum atomic E-state index is 0.259. The molecule has 0 amide bonds. The zero-order chi connectivity index (χ0) is 21.3. The van der Waals surface area contributed by atoms with Gasteiger partial charge in [0.1, 0.15) is 11.5 Å². The first-order valence-electron chi connectivity index (χ1n) is 10.7. The molecule has 30 heavy (non-hydrogen) atoms. The summed E-state index contributed by atoms with van der Waals surface area (Å²) in [7, 11) is 3.43. The van der Waals surface area contributed by atoms with Crippen LogP contribution < -0.4 is 20.1 Å². The van der Waals surface area contributed by atoms with E-state index in [0.717, 1.165) is 35.7 Å². The van der Waals surface area contributed by atoms with Crippen molar-refractivity contribution in [3.05, 3.63) is 35.5 Å². The highest BCUT2D eigenvalue weighted by atomic mass is 16.5. The number of guanidine groups is 1. The van der Waals surface area contributed by atoms with Crippen molar-refractivity contribution in [2.75, 3.05) is 20.7 Å². The van der Waals surface area contributed by atoms with Crippen molar-refractivity contribution >= 4 is 5.96 Å². The number of hydrogen-bond acceptors (Lipinski definition) is 6. The van der Waals surface area contributed by atoms with E-state index < -0.39 is 0 Å². The number of ether oxygens (including phenoxy) is 2. The van der Waals surface area contributed by atoms with Crippen LogP contribution in [0.4, 0.5) is 0 Å². The molecule has 1 aromatic carbocycles. The normalized spacial score (nSPS) is 14.9. The van der Waals surface area contributed by atoms with Gasteiger partial charge in [-0.25, -0.2) is 0 Å². The van der Waals surface area contributed by atoms with Crippen LogP contribution in [0.1, 0.15) is 62.7 Å². The van der Waals surface area contributed by atoms with E-state index >= 15 is 0 Å². The smallest absolute Gasteiger partial charge is 0.228 e. The van der Waals surface area contributed by atoms with Crippen molar-refractivity contribution in [2.24, 2.45) is 4.99 Å². The standard InChI is InChI=1S/C22H33N5O3/c1-15(2)21-26-20(30-27-21)11-12-24-22(23-3)25-14-16-9-10-18(28-4)13-19(16)29-17-7-5-6-8-17/h9-10,13,15,17H,5-8,11-12,14H2,1-4H3,(H2,23,24,25). The van der Waals surface area contributed by atoms with E-state index in [2.05, 4.69) is 25.8 Å². The predicted molar refractivity (Wildman–Crippen MR) is 116 cm³/mol. The molecule has 8 nitrogen and oxygen atoms in total. The Kier molecular flexibility index (Phi) is 7.93. The molecule has 1 aromatic heterocycles. The van der Waals surface area contributed by atoms with Crippen LogP contribution in [-0.4, -0.2) is 42.9 Å². The van der Waals surface area contributed by atoms with Crippen LogP contribution in [0.3, 0.4) is 0 Å². The summed E-state index contributed by atoms with van der Waals surface area (Å²) in [6, 6.07) is 5.96. The van der Waals surface area contributed by atoms with Gasteiger partial charge in [-0.3, -0.25) is 4.99 Å². The Morgan fingerprint density at radius 2 is 2.07 bits per heavy atom. The van der Waals surface area contributed by atoms with Crippen molar-refractivity contribution in [2.45, 2.75) is 64.5 Å². The van der Waals surface area contributed by atoms with Gasteiger partial charge in [0.15, 0.2) is 11.8 Å². The Hall–Kier alpha value is -2.77. The first-order chi connectivity index (χ1) is 14.6. The summed E-state index contributed by atoms with van der Waals surface area (Å²) >= 11 is 0. The van der Waals surface area contributed by atoms with Gasteiger partial charge in [0, 0.05) is 44.1 Å². The Balaban J connectivity index is 1.53. The van der Waals surface area contributed by atoms with E-state index in [4.69, 9.17) is 14.0 Å². The highest BCUT2D eigenvalue weighted by Crippen LogP contribution is 2.30. The number of aliphatic imine (C=N–C) groups is 1. The molecule has 0 bridgehead atoms. The van der Waals surface area contributed by atoms with E-state index in [1.165, 1.54) is 12.8 Å². The lowest BCUT2D eigenvalue weighted by atomic mass is 10.2. The van der Waals surface area contributed by atoms with E-state index in [-0.39, 0.29) is 5.92 Å². The van der Waals surface area contributed by atoms with Crippen LogP contribution >= 0.6 is 0 Å². The SMILES string of the molecule is CN=C(NCCc1nc(C(C)C)no1)NCc1ccc(OC)cc1OC1CCCC1. The maximum atomic E-state index is 6.27. The molecule has 1 aliphatic rings. The summed E-state index contributed by atoms with van der Waals surface area (Å²) in [5, 5.41) is 10.6. The fourth-order valence-electron chi connectivity index (χ4n) is 3.39. The van der Waals surface area contributed by atoms with Gasteiger partial charge < -0.3 is 24.6 Å². The molecule has 2 N–H and O–H groups in total. The summed E-state index contributed by atoms with van der Waals surface area (Å²) in [5.41, 5.74) is 1.07. The molecule has 1 heterocycles. The summed E-state index contributed by atoms with van der Waals surface area (Å²) < 4.78 is 16.9. The average Bonchev–Trinajstić information content (AvgIpc) is 3.43. The van der Waals surface area contributed by atoms with Gasteiger partial charge in [0.25, 0.3) is 0 Å². The van der Waals surface area contributed by atoms with E-state index in [0.29, 0.717) is 37.5 Å². The van der Waals surface area contributed by atoms with Gasteiger partial charge >= 0.3 is 0 Å². The first kappa shape index (κ1) is 21.9. The van der Waals surface area contributed by atoms with E-state index in [1.807, 2.05) is 32.0 Å². The van der Waals surface area contributed by atoms with Gasteiger partial charge in [-0.2, -0.15) is 4.98 Å². The second-order valence-corrected chi connectivity index (χ2v) is 7.80. The Bertz CT molecular complexity index is 828. The second kappa shape index (κ2) is 10.8. The fraction of sp³-hybridized carbons (Fsp3) is 0.591. The molecule has 0 aliphatic heterocycles. The molecule has 2 aromatic rings. The molecular formula is C22H33N5O3. The Labute approximate surface area is 178 Å². The van der Waals surface area contributed by atoms with Crippen LogP contribution in [0.15, 0.2) is 27.7 Å². The van der Waals surface area contributed by atoms with Crippen LogP contribution in [0.5, 0.6) is 11.5 Å². The molecule has 0 spiro atoms. The third-order valence-electron chi connectivity index (χ3n) is 5.17. The second-order valence-electron chi connectivity index (χ2n) is 7.80. The zero-order valence-electron chi connectivity index (χ0n) is 18.4. The topological polar surface area (TPSA) is 93.8 Å². The van der Waals surface area contributed by atoms with Gasteiger partial charge in [-0.15, -0.1) is 0 Å². The minimum absolute atomic E-state index is 0.259. The third-order valence-corrected chi connectivity index (χ3v) is 5.17. The maximum Gasteiger partial charge on any atom is 0.228 e. The van der Waals surface area contributed by atoms with E-state index in [9.17, 15) is 0 Å². The molecule has 8 heteroatoms. The van der Waals surface area contributed by atoms with Crippen LogP contribution in [0, 0.1) is 0 Å². The molecule has 3 rings (SSSR count). The molecular weight excluding hydrogens is 382 g/mol. The fourth-order valence-corrected chi connectivity index (χ4v) is 3.39. The van der Waals surface area contributed by atoms with E-state index in [1.54, 1.807) is 14.2 Å². The lowest BCUT2D eigenvalue weighted by Gasteiger charge is -2.18. The molecule has 1 saturated carbocycles. The molecule has 0 unspecified atom stereocenters. The number of nitrogens with one attached hydrogen (secondary N) is 2. The zero-order valence-corrected chi connectivity index (χ0v) is 18.4. The number of aromatic nitrogens is 2. The van der Waals surface area contributed by atoms with Gasteiger partial charge in [0.05, 0.1) is 13.2 Å². The average molecular weight is 416 g/mol. The molecule has 0 radical (unpaired) electrons. The molecule has 1 fully saturated rings. The number of benzene rings is 1. The van der Waals surface area contributed by atoms with Crippen molar-refractivity contribution in [1.82, 2.24) is 20.8 Å². The lowest BCUT2D eigenvalue weighted by molar-refractivity contribution is 0.207. The Morgan fingerprint density at radius 1 is 1.27 bits per heavy atom. The Morgan fingerprint density at radius 3 is 2.73 bits per heavy atom. The lowest BCUT2D eigenvalue weighted by Crippen LogP contribution is -2.38. The number of rotatable bonds is 9. The van der Waals surface area contributed by atoms with Crippen molar-refractivity contribution in [3.63, 3.8) is 0 Å². The van der Waals surface area contributed by atoms with Crippen molar-refractivity contribution < 1.29 is 14.0 Å². The predicted octanol–water partition coefficient (Wildman–Crippen LogP) is 3.43. The van der Waals surface area contributed by atoms with Gasteiger partial charge in [-0.05, 0) is 37.8 Å². The summed E-state index contributed by atoms with van der Waals surface area (Å²) in [6.45, 7) is 5.34. The number of methoxy groups -OCH3 is 1. The first-order valence-corrected chi connectivity index (χ1v) is 10.7. The third kappa shape index (κ3) is 6.11. The minimum Gasteiger partial charge on any atom is -0.497 e. The van der Waals surface area contributed by atoms with Gasteiger partial charge in [0.2, 0.25) is 5.89 Å². The monoisotopic (exact) mass is 415 g/mol. The van der Waals surface area contributed by atoms with Crippen LogP contribution in [0.25, 0.3) is 0 Å². The highest BCUT2D eigenvalue weighted by Gasteiger charge is 2.18. The molecule has 1 aliphatic carbocycles. The van der Waals surface area contributed by atoms with Crippen LogP contribution in [0.2, 0.25) is 0 Å². The summed E-state index contributed by atoms with van der Waals surface area (Å²) in [4.78, 5) is 8.69.